The van der Waals surface area contributed by atoms with Crippen LogP contribution in [-0.4, -0.2) is 26.5 Å². The summed E-state index contributed by atoms with van der Waals surface area (Å²) in [6.07, 6.45) is 0. The van der Waals surface area contributed by atoms with Gasteiger partial charge in [0.15, 0.2) is 4.34 Å². The molecule has 0 aliphatic carbocycles. The van der Waals surface area contributed by atoms with E-state index in [9.17, 15) is 9.59 Å². The number of benzene rings is 1. The number of amides is 1. The van der Waals surface area contributed by atoms with Crippen LogP contribution in [0.25, 0.3) is 0 Å². The number of carbonyl (C=O) groups excluding carboxylic acids is 2. The zero-order valence-corrected chi connectivity index (χ0v) is 16.5. The summed E-state index contributed by atoms with van der Waals surface area (Å²) in [4.78, 5) is 30.2. The van der Waals surface area contributed by atoms with Crippen LogP contribution in [0.5, 0.6) is 0 Å². The van der Waals surface area contributed by atoms with Crippen molar-refractivity contribution in [3.63, 3.8) is 0 Å². The SMILES string of the molecule is Cc1csc(Sc2ccc(NC(=O)C(=O)c3c(C)nn(C)c3C)cc2)n1. The van der Waals surface area contributed by atoms with Gasteiger partial charge in [0, 0.05) is 34.4 Å². The number of aryl methyl sites for hydroxylation is 3. The zero-order valence-electron chi connectivity index (χ0n) is 14.9. The maximum absolute atomic E-state index is 12.4. The number of nitrogens with zero attached hydrogens (tertiary/aromatic N) is 3. The van der Waals surface area contributed by atoms with Crippen molar-refractivity contribution in [2.45, 2.75) is 30.0 Å². The summed E-state index contributed by atoms with van der Waals surface area (Å²) in [5, 5.41) is 8.84. The van der Waals surface area contributed by atoms with Crippen LogP contribution in [0.2, 0.25) is 0 Å². The second-order valence-electron chi connectivity index (χ2n) is 5.83. The quantitative estimate of drug-likeness (QED) is 0.533. The van der Waals surface area contributed by atoms with Gasteiger partial charge in [-0.15, -0.1) is 11.3 Å². The second kappa shape index (κ2) is 7.43. The fraction of sp³-hybridized carbons (Fsp3) is 0.222. The molecule has 1 N–H and O–H groups in total. The lowest BCUT2D eigenvalue weighted by molar-refractivity contribution is -0.112. The molecule has 1 amide bonds. The minimum Gasteiger partial charge on any atom is -0.319 e. The topological polar surface area (TPSA) is 76.9 Å². The molecule has 0 aliphatic heterocycles. The second-order valence-corrected chi connectivity index (χ2v) is 8.01. The Bertz CT molecular complexity index is 974. The third kappa shape index (κ3) is 3.86. The Morgan fingerprint density at radius 2 is 1.85 bits per heavy atom. The van der Waals surface area contributed by atoms with Gasteiger partial charge in [0.05, 0.1) is 11.3 Å². The van der Waals surface area contributed by atoms with E-state index < -0.39 is 11.7 Å². The zero-order chi connectivity index (χ0) is 18.8. The van der Waals surface area contributed by atoms with Crippen molar-refractivity contribution >= 4 is 40.5 Å². The summed E-state index contributed by atoms with van der Waals surface area (Å²) in [7, 11) is 1.75. The number of ketones is 1. The summed E-state index contributed by atoms with van der Waals surface area (Å²) in [6.45, 7) is 5.45. The number of aromatic nitrogens is 3. The molecule has 0 radical (unpaired) electrons. The van der Waals surface area contributed by atoms with Crippen molar-refractivity contribution in [2.24, 2.45) is 7.05 Å². The summed E-state index contributed by atoms with van der Waals surface area (Å²) in [5.74, 6) is -1.25. The third-order valence-electron chi connectivity index (χ3n) is 3.86. The first-order valence-electron chi connectivity index (χ1n) is 7.91. The van der Waals surface area contributed by atoms with Gasteiger partial charge in [0.2, 0.25) is 0 Å². The van der Waals surface area contributed by atoms with Gasteiger partial charge in [-0.3, -0.25) is 14.3 Å². The smallest absolute Gasteiger partial charge is 0.296 e. The predicted octanol–water partition coefficient (Wildman–Crippen LogP) is 3.77. The minimum atomic E-state index is -0.667. The Kier molecular flexibility index (Phi) is 5.24. The van der Waals surface area contributed by atoms with Gasteiger partial charge in [-0.05, 0) is 45.0 Å². The molecule has 0 bridgehead atoms. The maximum atomic E-state index is 12.4. The van der Waals surface area contributed by atoms with E-state index in [2.05, 4.69) is 15.4 Å². The monoisotopic (exact) mass is 386 g/mol. The van der Waals surface area contributed by atoms with Crippen LogP contribution in [0.4, 0.5) is 5.69 Å². The highest BCUT2D eigenvalue weighted by atomic mass is 32.2. The molecule has 26 heavy (non-hydrogen) atoms. The van der Waals surface area contributed by atoms with E-state index >= 15 is 0 Å². The lowest BCUT2D eigenvalue weighted by Gasteiger charge is -2.06. The highest BCUT2D eigenvalue weighted by molar-refractivity contribution is 8.01. The van der Waals surface area contributed by atoms with Gasteiger partial charge >= 0.3 is 0 Å². The van der Waals surface area contributed by atoms with Crippen molar-refractivity contribution in [1.82, 2.24) is 14.8 Å². The van der Waals surface area contributed by atoms with Crippen molar-refractivity contribution < 1.29 is 9.59 Å². The number of anilines is 1. The first-order valence-corrected chi connectivity index (χ1v) is 9.60. The molecule has 2 aromatic heterocycles. The van der Waals surface area contributed by atoms with Gasteiger partial charge in [0.1, 0.15) is 0 Å². The van der Waals surface area contributed by atoms with E-state index in [0.717, 1.165) is 14.9 Å². The summed E-state index contributed by atoms with van der Waals surface area (Å²) < 4.78 is 2.57. The molecule has 6 nitrogen and oxygen atoms in total. The summed E-state index contributed by atoms with van der Waals surface area (Å²) in [5.41, 5.74) is 3.16. The molecule has 1 aromatic carbocycles. The van der Waals surface area contributed by atoms with Crippen molar-refractivity contribution in [1.29, 1.82) is 0 Å². The Morgan fingerprint density at radius 1 is 1.15 bits per heavy atom. The Balaban J connectivity index is 1.68. The number of rotatable bonds is 5. The van der Waals surface area contributed by atoms with E-state index in [1.54, 1.807) is 60.8 Å². The van der Waals surface area contributed by atoms with E-state index in [-0.39, 0.29) is 0 Å². The lowest BCUT2D eigenvalue weighted by Crippen LogP contribution is -2.24. The van der Waals surface area contributed by atoms with Crippen LogP contribution >= 0.6 is 23.1 Å². The van der Waals surface area contributed by atoms with Crippen LogP contribution in [-0.2, 0) is 11.8 Å². The number of Topliss-reactive ketones (excluding diaryl/α,β-unsaturated/α-hetero) is 1. The van der Waals surface area contributed by atoms with Crippen molar-refractivity contribution in [3.8, 4) is 0 Å². The molecular weight excluding hydrogens is 368 g/mol. The molecule has 3 aromatic rings. The molecule has 0 spiro atoms. The average Bonchev–Trinajstić information content (AvgIpc) is 3.11. The Morgan fingerprint density at radius 3 is 2.38 bits per heavy atom. The first kappa shape index (κ1) is 18.3. The molecule has 2 heterocycles. The largest absolute Gasteiger partial charge is 0.319 e. The highest BCUT2D eigenvalue weighted by Gasteiger charge is 2.23. The van der Waals surface area contributed by atoms with Crippen molar-refractivity contribution in [3.05, 3.63) is 52.3 Å². The average molecular weight is 387 g/mol. The highest BCUT2D eigenvalue weighted by Crippen LogP contribution is 2.30. The number of carbonyl (C=O) groups is 2. The molecule has 3 rings (SSSR count). The summed E-state index contributed by atoms with van der Waals surface area (Å²) in [6, 6.07) is 7.33. The standard InChI is InChI=1S/C18H18N4O2S2/c1-10-9-25-18(19-10)26-14-7-5-13(6-8-14)20-17(24)16(23)15-11(2)21-22(4)12(15)3/h5-9H,1-4H3,(H,20,24). The molecule has 0 aliphatic rings. The molecule has 0 unspecified atom stereocenters. The number of hydrogen-bond donors (Lipinski definition) is 1. The Labute approximate surface area is 159 Å². The predicted molar refractivity (Wildman–Crippen MR) is 103 cm³/mol. The molecule has 8 heteroatoms. The van der Waals surface area contributed by atoms with Gasteiger partial charge in [-0.25, -0.2) is 4.98 Å². The van der Waals surface area contributed by atoms with Gasteiger partial charge in [-0.2, -0.15) is 5.10 Å². The van der Waals surface area contributed by atoms with Crippen molar-refractivity contribution in [2.75, 3.05) is 5.32 Å². The van der Waals surface area contributed by atoms with Crippen LogP contribution < -0.4 is 5.32 Å². The number of hydrogen-bond acceptors (Lipinski definition) is 6. The fourth-order valence-corrected chi connectivity index (χ4v) is 4.30. The van der Waals surface area contributed by atoms with E-state index in [4.69, 9.17) is 0 Å². The first-order chi connectivity index (χ1) is 12.3. The molecule has 0 fully saturated rings. The van der Waals surface area contributed by atoms with Crippen LogP contribution in [0.15, 0.2) is 38.9 Å². The maximum Gasteiger partial charge on any atom is 0.296 e. The van der Waals surface area contributed by atoms with Gasteiger partial charge < -0.3 is 5.32 Å². The normalized spacial score (nSPS) is 10.8. The molecule has 0 saturated heterocycles. The number of thiazole rings is 1. The molecule has 0 atom stereocenters. The lowest BCUT2D eigenvalue weighted by atomic mass is 10.1. The van der Waals surface area contributed by atoms with Crippen LogP contribution in [0, 0.1) is 20.8 Å². The van der Waals surface area contributed by atoms with Crippen LogP contribution in [0.3, 0.4) is 0 Å². The van der Waals surface area contributed by atoms with E-state index in [0.29, 0.717) is 22.6 Å². The minimum absolute atomic E-state index is 0.358. The van der Waals surface area contributed by atoms with Crippen LogP contribution in [0.1, 0.15) is 27.4 Å². The summed E-state index contributed by atoms with van der Waals surface area (Å²) >= 11 is 3.16. The molecule has 0 saturated carbocycles. The fourth-order valence-electron chi connectivity index (χ4n) is 2.49. The Hall–Kier alpha value is -2.45. The number of nitrogens with one attached hydrogen (secondary N) is 1. The molecular formula is C18H18N4O2S2. The van der Waals surface area contributed by atoms with E-state index in [1.165, 1.54) is 0 Å². The van der Waals surface area contributed by atoms with Gasteiger partial charge in [-0.1, -0.05) is 11.8 Å². The van der Waals surface area contributed by atoms with Gasteiger partial charge in [0.25, 0.3) is 11.7 Å². The van der Waals surface area contributed by atoms with E-state index in [1.807, 2.05) is 24.4 Å². The third-order valence-corrected chi connectivity index (χ3v) is 5.92. The molecule has 134 valence electrons.